The van der Waals surface area contributed by atoms with Crippen LogP contribution in [0.4, 0.5) is 13.2 Å². The molecule has 3 nitrogen and oxygen atoms in total. The van der Waals surface area contributed by atoms with E-state index in [4.69, 9.17) is 14.2 Å². The molecule has 1 aromatic carbocycles. The van der Waals surface area contributed by atoms with Crippen molar-refractivity contribution in [1.29, 1.82) is 0 Å². The molecule has 0 aromatic heterocycles. The largest absolute Gasteiger partial charge is 0.494 e. The molecule has 0 amide bonds. The van der Waals surface area contributed by atoms with Crippen molar-refractivity contribution in [3.05, 3.63) is 59.3 Å². The number of ether oxygens (including phenoxy) is 3. The molecule has 1 heterocycles. The number of allylic oxidation sites excluding steroid dienone is 2. The number of hydrogen-bond donors (Lipinski definition) is 0. The lowest BCUT2D eigenvalue weighted by atomic mass is 9.80. The first-order valence-electron chi connectivity index (χ1n) is 10.5. The third-order valence-corrected chi connectivity index (χ3v) is 5.96. The van der Waals surface area contributed by atoms with Crippen LogP contribution in [0.3, 0.4) is 0 Å². The van der Waals surface area contributed by atoms with E-state index in [1.807, 2.05) is 0 Å². The van der Waals surface area contributed by atoms with Gasteiger partial charge in [-0.3, -0.25) is 0 Å². The average molecular weight is 422 g/mol. The molecule has 0 unspecified atom stereocenters. The molecule has 30 heavy (non-hydrogen) atoms. The van der Waals surface area contributed by atoms with Crippen LogP contribution in [0.25, 0.3) is 0 Å². The Hall–Kier alpha value is -2.37. The monoisotopic (exact) mass is 422 g/mol. The van der Waals surface area contributed by atoms with E-state index in [-0.39, 0.29) is 35.0 Å². The Balaban J connectivity index is 1.73. The van der Waals surface area contributed by atoms with Crippen LogP contribution in [0, 0.1) is 23.5 Å². The maximum absolute atomic E-state index is 14.7. The smallest absolute Gasteiger partial charge is 0.207 e. The van der Waals surface area contributed by atoms with Gasteiger partial charge in [-0.2, -0.15) is 13.2 Å². The first kappa shape index (κ1) is 22.3. The third-order valence-electron chi connectivity index (χ3n) is 5.96. The molecular weight excluding hydrogens is 393 g/mol. The van der Waals surface area contributed by atoms with Crippen LogP contribution >= 0.6 is 0 Å². The molecule has 1 aliphatic heterocycles. The molecule has 0 bridgehead atoms. The molecule has 0 radical (unpaired) electrons. The molecule has 1 aromatic rings. The van der Waals surface area contributed by atoms with Crippen LogP contribution in [-0.4, -0.2) is 13.7 Å². The van der Waals surface area contributed by atoms with Gasteiger partial charge in [0.15, 0.2) is 23.0 Å². The molecule has 1 aliphatic carbocycles. The lowest BCUT2D eigenvalue weighted by Crippen LogP contribution is -2.21. The maximum Gasteiger partial charge on any atom is 0.207 e. The van der Waals surface area contributed by atoms with Crippen LogP contribution in [0.5, 0.6) is 11.5 Å². The Kier molecular flexibility index (Phi) is 7.16. The van der Waals surface area contributed by atoms with Crippen LogP contribution in [0.2, 0.25) is 0 Å². The second kappa shape index (κ2) is 9.63. The molecule has 1 saturated carbocycles. The summed E-state index contributed by atoms with van der Waals surface area (Å²) in [5, 5.41) is 0. The highest BCUT2D eigenvalue weighted by atomic mass is 19.2. The van der Waals surface area contributed by atoms with Gasteiger partial charge in [0.25, 0.3) is 0 Å². The number of fused-ring (bicyclic) bond motifs is 1. The summed E-state index contributed by atoms with van der Waals surface area (Å²) < 4.78 is 59.4. The summed E-state index contributed by atoms with van der Waals surface area (Å²) in [5.74, 6) is -3.20. The number of methoxy groups -OCH3 is 1. The van der Waals surface area contributed by atoms with Crippen molar-refractivity contribution < 1.29 is 27.4 Å². The van der Waals surface area contributed by atoms with Gasteiger partial charge in [0.1, 0.15) is 0 Å². The Bertz CT molecular complexity index is 852. The molecule has 0 saturated heterocycles. The van der Waals surface area contributed by atoms with Gasteiger partial charge < -0.3 is 14.2 Å². The van der Waals surface area contributed by atoms with E-state index in [0.29, 0.717) is 18.1 Å². The normalized spacial score (nSPS) is 22.8. The minimum absolute atomic E-state index is 0.102. The maximum atomic E-state index is 14.7. The van der Waals surface area contributed by atoms with E-state index >= 15 is 0 Å². The summed E-state index contributed by atoms with van der Waals surface area (Å²) in [4.78, 5) is 0. The van der Waals surface area contributed by atoms with E-state index in [2.05, 4.69) is 20.1 Å². The zero-order valence-electron chi connectivity index (χ0n) is 17.7. The van der Waals surface area contributed by atoms with Crippen molar-refractivity contribution in [2.45, 2.75) is 51.9 Å². The molecule has 3 rings (SSSR count). The van der Waals surface area contributed by atoms with Gasteiger partial charge in [-0.1, -0.05) is 45.8 Å². The third kappa shape index (κ3) is 4.68. The zero-order valence-corrected chi connectivity index (χ0v) is 17.7. The molecule has 6 heteroatoms. The van der Waals surface area contributed by atoms with Gasteiger partial charge in [0.2, 0.25) is 17.5 Å². The second-order valence-corrected chi connectivity index (χ2v) is 8.13. The fourth-order valence-corrected chi connectivity index (χ4v) is 4.19. The van der Waals surface area contributed by atoms with E-state index in [9.17, 15) is 13.2 Å². The highest BCUT2D eigenvalue weighted by Crippen LogP contribution is 2.41. The van der Waals surface area contributed by atoms with Crippen LogP contribution in [0.1, 0.15) is 51.0 Å². The minimum Gasteiger partial charge on any atom is -0.494 e. The Labute approximate surface area is 176 Å². The molecule has 0 N–H and O–H groups in total. The lowest BCUT2D eigenvalue weighted by molar-refractivity contribution is 0.172. The van der Waals surface area contributed by atoms with Crippen LogP contribution < -0.4 is 9.47 Å². The first-order chi connectivity index (χ1) is 14.3. The summed E-state index contributed by atoms with van der Waals surface area (Å²) >= 11 is 0. The molecule has 2 aliphatic rings. The molecule has 164 valence electrons. The quantitative estimate of drug-likeness (QED) is 0.453. The fraction of sp³-hybridized carbons (Fsp3) is 0.500. The number of halogens is 3. The number of benzene rings is 1. The van der Waals surface area contributed by atoms with Gasteiger partial charge in [0.05, 0.1) is 13.7 Å². The average Bonchev–Trinajstić information content (AvgIpc) is 2.75. The van der Waals surface area contributed by atoms with Crippen molar-refractivity contribution in [3.8, 4) is 11.5 Å². The van der Waals surface area contributed by atoms with Crippen molar-refractivity contribution in [2.75, 3.05) is 13.7 Å². The van der Waals surface area contributed by atoms with Crippen molar-refractivity contribution >= 4 is 0 Å². The van der Waals surface area contributed by atoms with Crippen molar-refractivity contribution in [3.63, 3.8) is 0 Å². The van der Waals surface area contributed by atoms with Crippen LogP contribution in [0.15, 0.2) is 42.1 Å². The van der Waals surface area contributed by atoms with Gasteiger partial charge >= 0.3 is 0 Å². The lowest BCUT2D eigenvalue weighted by Gasteiger charge is -2.28. The predicted molar refractivity (Wildman–Crippen MR) is 110 cm³/mol. The summed E-state index contributed by atoms with van der Waals surface area (Å²) in [6.07, 6.45) is 6.93. The Morgan fingerprint density at radius 3 is 2.47 bits per heavy atom. The van der Waals surface area contributed by atoms with Gasteiger partial charge in [-0.25, -0.2) is 0 Å². The summed E-state index contributed by atoms with van der Waals surface area (Å²) in [7, 11) is 1.25. The SMILES string of the molecule is C=C(OC)/C(F)=C1/Oc2c(cc(OCC3CCC(CCC)CC3)c(F)c2F)CC1=C. The molecule has 0 atom stereocenters. The number of rotatable bonds is 7. The van der Waals surface area contributed by atoms with Gasteiger partial charge in [0, 0.05) is 12.0 Å². The highest BCUT2D eigenvalue weighted by molar-refractivity contribution is 5.52. The summed E-state index contributed by atoms with van der Waals surface area (Å²) in [6.45, 7) is 9.74. The Morgan fingerprint density at radius 1 is 1.17 bits per heavy atom. The zero-order chi connectivity index (χ0) is 21.8. The van der Waals surface area contributed by atoms with E-state index in [1.54, 1.807) is 0 Å². The van der Waals surface area contributed by atoms with E-state index < -0.39 is 17.5 Å². The van der Waals surface area contributed by atoms with Gasteiger partial charge in [-0.05, 0) is 36.3 Å². The standard InChI is InChI=1S/C24H29F3O3/c1-5-6-16-7-9-17(10-8-16)13-29-19-12-18-11-14(2)23(20(25)15(3)28-4)30-24(18)22(27)21(19)26/h12,16-17H,2-3,5-11,13H2,1,4H3/b23-20-. The first-order valence-corrected chi connectivity index (χ1v) is 10.5. The summed E-state index contributed by atoms with van der Waals surface area (Å²) in [6, 6.07) is 1.42. The summed E-state index contributed by atoms with van der Waals surface area (Å²) in [5.41, 5.74) is 0.643. The molecule has 0 spiro atoms. The van der Waals surface area contributed by atoms with Gasteiger partial charge in [-0.15, -0.1) is 0 Å². The number of hydrogen-bond acceptors (Lipinski definition) is 3. The molecular formula is C24H29F3O3. The van der Waals surface area contributed by atoms with E-state index in [0.717, 1.165) is 31.6 Å². The van der Waals surface area contributed by atoms with Crippen LogP contribution in [-0.2, 0) is 11.2 Å². The van der Waals surface area contributed by atoms with E-state index in [1.165, 1.54) is 26.0 Å². The fourth-order valence-electron chi connectivity index (χ4n) is 4.19. The highest BCUT2D eigenvalue weighted by Gasteiger charge is 2.30. The predicted octanol–water partition coefficient (Wildman–Crippen LogP) is 6.78. The second-order valence-electron chi connectivity index (χ2n) is 8.13. The Morgan fingerprint density at radius 2 is 1.83 bits per heavy atom. The van der Waals surface area contributed by atoms with Crippen molar-refractivity contribution in [2.24, 2.45) is 11.8 Å². The minimum atomic E-state index is -1.20. The molecule has 1 fully saturated rings. The van der Waals surface area contributed by atoms with Crippen molar-refractivity contribution in [1.82, 2.24) is 0 Å². The topological polar surface area (TPSA) is 27.7 Å².